The van der Waals surface area contributed by atoms with Gasteiger partial charge in [0.1, 0.15) is 11.9 Å². The van der Waals surface area contributed by atoms with E-state index >= 15 is 4.39 Å². The quantitative estimate of drug-likeness (QED) is 0.631. The first-order valence-electron chi connectivity index (χ1n) is 10.3. The summed E-state index contributed by atoms with van der Waals surface area (Å²) in [7, 11) is 0. The summed E-state index contributed by atoms with van der Waals surface area (Å²) in [5.41, 5.74) is 1.47. The van der Waals surface area contributed by atoms with Crippen molar-refractivity contribution in [2.75, 3.05) is 6.54 Å². The van der Waals surface area contributed by atoms with Gasteiger partial charge in [-0.15, -0.1) is 0 Å². The van der Waals surface area contributed by atoms with Gasteiger partial charge < -0.3 is 9.67 Å². The van der Waals surface area contributed by atoms with Gasteiger partial charge in [0.25, 0.3) is 11.8 Å². The Morgan fingerprint density at radius 1 is 0.969 bits per heavy atom. The van der Waals surface area contributed by atoms with Crippen molar-refractivity contribution in [2.45, 2.75) is 18.9 Å². The first-order valence-corrected chi connectivity index (χ1v) is 10.3. The van der Waals surface area contributed by atoms with Crippen LogP contribution < -0.4 is 5.43 Å². The number of aromatic hydroxyl groups is 1. The van der Waals surface area contributed by atoms with E-state index in [-0.39, 0.29) is 12.2 Å². The van der Waals surface area contributed by atoms with Crippen LogP contribution in [-0.2, 0) is 4.79 Å². The van der Waals surface area contributed by atoms with E-state index in [2.05, 4.69) is 0 Å². The monoisotopic (exact) mass is 430 g/mol. The van der Waals surface area contributed by atoms with E-state index in [1.54, 1.807) is 25.1 Å². The van der Waals surface area contributed by atoms with Crippen molar-refractivity contribution in [2.24, 2.45) is 0 Å². The van der Waals surface area contributed by atoms with Gasteiger partial charge in [-0.3, -0.25) is 19.3 Å². The normalized spacial score (nSPS) is 19.2. The van der Waals surface area contributed by atoms with Crippen molar-refractivity contribution < 1.29 is 19.1 Å². The summed E-state index contributed by atoms with van der Waals surface area (Å²) < 4.78 is 16.6. The number of fused-ring (bicyclic) bond motifs is 3. The van der Waals surface area contributed by atoms with Crippen LogP contribution >= 0.6 is 0 Å². The van der Waals surface area contributed by atoms with E-state index < -0.39 is 40.8 Å². The van der Waals surface area contributed by atoms with Crippen LogP contribution in [0.15, 0.2) is 59.5 Å². The highest BCUT2D eigenvalue weighted by atomic mass is 19.1. The summed E-state index contributed by atoms with van der Waals surface area (Å²) in [6.45, 7) is 1.69. The molecule has 3 aromatic rings. The van der Waals surface area contributed by atoms with E-state index in [0.717, 1.165) is 16.5 Å². The molecule has 1 aliphatic heterocycles. The first-order chi connectivity index (χ1) is 15.4. The molecule has 2 atom stereocenters. The molecular formula is C25H19FN2O4. The highest BCUT2D eigenvalue weighted by molar-refractivity contribution is 6.09. The molecule has 160 valence electrons. The van der Waals surface area contributed by atoms with Crippen molar-refractivity contribution in [1.29, 1.82) is 0 Å². The summed E-state index contributed by atoms with van der Waals surface area (Å²) in [6.07, 6.45) is 5.00. The lowest BCUT2D eigenvalue weighted by Crippen LogP contribution is -2.50. The minimum atomic E-state index is -1.08. The molecule has 7 heteroatoms. The third-order valence-electron chi connectivity index (χ3n) is 6.17. The molecule has 2 amide bonds. The van der Waals surface area contributed by atoms with Crippen LogP contribution in [0.25, 0.3) is 12.2 Å². The second-order valence-corrected chi connectivity index (χ2v) is 7.80. The zero-order valence-corrected chi connectivity index (χ0v) is 17.2. The molecule has 0 spiro atoms. The van der Waals surface area contributed by atoms with Gasteiger partial charge in [-0.1, -0.05) is 48.6 Å². The second-order valence-electron chi connectivity index (χ2n) is 7.80. The topological polar surface area (TPSA) is 79.6 Å². The van der Waals surface area contributed by atoms with Crippen molar-refractivity contribution >= 4 is 24.0 Å². The molecule has 32 heavy (non-hydrogen) atoms. The van der Waals surface area contributed by atoms with Crippen LogP contribution in [0.5, 0.6) is 5.75 Å². The number of aromatic nitrogens is 1. The summed E-state index contributed by atoms with van der Waals surface area (Å²) in [5, 5.41) is 10.5. The molecule has 0 saturated carbocycles. The largest absolute Gasteiger partial charge is 0.503 e. The maximum absolute atomic E-state index is 15.3. The van der Waals surface area contributed by atoms with E-state index in [1.165, 1.54) is 16.8 Å². The van der Waals surface area contributed by atoms with Crippen LogP contribution in [0.2, 0.25) is 0 Å². The predicted octanol–water partition coefficient (Wildman–Crippen LogP) is 3.55. The average Bonchev–Trinajstić information content (AvgIpc) is 2.95. The van der Waals surface area contributed by atoms with Gasteiger partial charge in [0, 0.05) is 30.3 Å². The van der Waals surface area contributed by atoms with Crippen LogP contribution in [0, 0.1) is 5.82 Å². The van der Waals surface area contributed by atoms with E-state index in [0.29, 0.717) is 16.7 Å². The Bertz CT molecular complexity index is 1370. The number of imide groups is 1. The smallest absolute Gasteiger partial charge is 0.281 e. The lowest BCUT2D eigenvalue weighted by molar-refractivity contribution is -0.133. The first kappa shape index (κ1) is 19.9. The fourth-order valence-corrected chi connectivity index (χ4v) is 4.73. The summed E-state index contributed by atoms with van der Waals surface area (Å²) in [6, 6.07) is 12.1. The number of nitrogens with zero attached hydrogens (tertiary/aromatic N) is 2. The SMILES string of the molecule is CCN1C(=O)c2c(O)c(=O)ccn2[C@@H]([C@@H]2c3ccccc3C=Cc3cccc(F)c32)C1=O. The number of hydrogen-bond acceptors (Lipinski definition) is 4. The lowest BCUT2D eigenvalue weighted by atomic mass is 9.80. The molecule has 1 N–H and O–H groups in total. The fourth-order valence-electron chi connectivity index (χ4n) is 4.73. The zero-order chi connectivity index (χ0) is 22.6. The molecule has 0 saturated heterocycles. The summed E-state index contributed by atoms with van der Waals surface area (Å²) in [4.78, 5) is 39.7. The van der Waals surface area contributed by atoms with Crippen molar-refractivity contribution in [3.8, 4) is 5.75 Å². The molecule has 2 heterocycles. The van der Waals surface area contributed by atoms with Crippen molar-refractivity contribution in [3.63, 3.8) is 0 Å². The minimum absolute atomic E-state index is 0.0490. The van der Waals surface area contributed by atoms with Crippen LogP contribution in [-0.4, -0.2) is 32.9 Å². The lowest BCUT2D eigenvalue weighted by Gasteiger charge is -2.38. The van der Waals surface area contributed by atoms with Crippen LogP contribution in [0.4, 0.5) is 4.39 Å². The Labute approximate surface area is 182 Å². The van der Waals surface area contributed by atoms with Gasteiger partial charge in [0.05, 0.1) is 0 Å². The van der Waals surface area contributed by atoms with Gasteiger partial charge in [-0.25, -0.2) is 4.39 Å². The van der Waals surface area contributed by atoms with Gasteiger partial charge in [0.2, 0.25) is 5.43 Å². The van der Waals surface area contributed by atoms with Crippen molar-refractivity contribution in [1.82, 2.24) is 9.47 Å². The van der Waals surface area contributed by atoms with Gasteiger partial charge in [0.15, 0.2) is 11.4 Å². The zero-order valence-electron chi connectivity index (χ0n) is 17.2. The van der Waals surface area contributed by atoms with Crippen LogP contribution in [0.1, 0.15) is 51.6 Å². The molecule has 2 aliphatic rings. The Balaban J connectivity index is 1.87. The Morgan fingerprint density at radius 2 is 1.69 bits per heavy atom. The van der Waals surface area contributed by atoms with E-state index in [9.17, 15) is 19.5 Å². The number of halogens is 1. The third-order valence-corrected chi connectivity index (χ3v) is 6.17. The van der Waals surface area contributed by atoms with Crippen molar-refractivity contribution in [3.05, 3.63) is 98.7 Å². The molecule has 5 rings (SSSR count). The highest BCUT2D eigenvalue weighted by Gasteiger charge is 2.46. The van der Waals surface area contributed by atoms with Crippen LogP contribution in [0.3, 0.4) is 0 Å². The van der Waals surface area contributed by atoms with Gasteiger partial charge >= 0.3 is 0 Å². The number of likely N-dealkylation sites (N-methyl/N-ethyl adjacent to an activating group) is 1. The fraction of sp³-hybridized carbons (Fsp3) is 0.160. The Kier molecular flexibility index (Phi) is 4.55. The molecule has 0 bridgehead atoms. The number of amides is 2. The minimum Gasteiger partial charge on any atom is -0.503 e. The number of carbonyl (C=O) groups is 2. The molecule has 6 nitrogen and oxygen atoms in total. The van der Waals surface area contributed by atoms with Gasteiger partial charge in [-0.05, 0) is 29.7 Å². The summed E-state index contributed by atoms with van der Waals surface area (Å²) >= 11 is 0. The number of pyridine rings is 1. The Morgan fingerprint density at radius 3 is 2.47 bits per heavy atom. The highest BCUT2D eigenvalue weighted by Crippen LogP contribution is 2.45. The third kappa shape index (κ3) is 2.74. The molecule has 0 unspecified atom stereocenters. The maximum atomic E-state index is 15.3. The molecule has 0 fully saturated rings. The number of hydrogen-bond donors (Lipinski definition) is 1. The number of carbonyl (C=O) groups excluding carboxylic acids is 2. The van der Waals surface area contributed by atoms with E-state index in [4.69, 9.17) is 0 Å². The standard InChI is InChI=1S/C25H19FN2O4/c1-2-27-24(31)21(28-13-12-18(29)23(30)22(28)25(27)32)20-16-8-4-3-6-14(16)10-11-15-7-5-9-17(26)19(15)20/h3-13,20-21,30H,2H2,1H3/t20-,21+/m1/s1. The predicted molar refractivity (Wildman–Crippen MR) is 117 cm³/mol. The average molecular weight is 430 g/mol. The number of rotatable bonds is 2. The van der Waals surface area contributed by atoms with Gasteiger partial charge in [-0.2, -0.15) is 0 Å². The maximum Gasteiger partial charge on any atom is 0.281 e. The summed E-state index contributed by atoms with van der Waals surface area (Å²) in [5.74, 6) is -3.27. The molecule has 2 aromatic carbocycles. The molecule has 1 aromatic heterocycles. The van der Waals surface area contributed by atoms with E-state index in [1.807, 2.05) is 30.3 Å². The Hall–Kier alpha value is -4.00. The molecule has 1 aliphatic carbocycles. The molecule has 0 radical (unpaired) electrons. The molecular weight excluding hydrogens is 411 g/mol. The number of benzene rings is 2. The second kappa shape index (κ2) is 7.30.